The Labute approximate surface area is 53.2 Å². The third-order valence-corrected chi connectivity index (χ3v) is 0.899. The van der Waals surface area contributed by atoms with Crippen LogP contribution in [0, 0.1) is 0 Å². The topological polar surface area (TPSA) is 86.2 Å². The lowest BCUT2D eigenvalue weighted by Gasteiger charge is -1.98. The van der Waals surface area contributed by atoms with Crippen molar-refractivity contribution in [2.45, 2.75) is 18.9 Å². The van der Waals surface area contributed by atoms with Crippen LogP contribution in [-0.4, -0.2) is 18.2 Å². The molecule has 0 aliphatic rings. The number of carbonyl (C=O) groups excluding carboxylic acids is 2. The first-order chi connectivity index (χ1) is 4.16. The van der Waals surface area contributed by atoms with E-state index in [0.717, 1.165) is 0 Å². The molecule has 0 heterocycles. The quantitative estimate of drug-likeness (QED) is 0.467. The zero-order valence-electron chi connectivity index (χ0n) is 5.04. The normalized spacial score (nSPS) is 12.6. The summed E-state index contributed by atoms with van der Waals surface area (Å²) >= 11 is 0. The molecule has 0 aromatic carbocycles. The summed E-state index contributed by atoms with van der Waals surface area (Å²) in [6.07, 6.45) is 1.13. The van der Waals surface area contributed by atoms with Gasteiger partial charge in [0.25, 0.3) is 0 Å². The predicted octanol–water partition coefficient (Wildman–Crippen LogP) is -1.22. The molecule has 4 heteroatoms. The first-order valence-electron chi connectivity index (χ1n) is 2.66. The van der Waals surface area contributed by atoms with Crippen molar-refractivity contribution in [1.82, 2.24) is 0 Å². The summed E-state index contributed by atoms with van der Waals surface area (Å²) in [6.45, 7) is 0. The van der Waals surface area contributed by atoms with Crippen LogP contribution in [0.4, 0.5) is 0 Å². The van der Waals surface area contributed by atoms with Crippen LogP contribution in [0.15, 0.2) is 0 Å². The molecule has 0 unspecified atom stereocenters. The SMILES string of the molecule is NC(=O)CC[C@H](N)C=O. The zero-order chi connectivity index (χ0) is 7.28. The van der Waals surface area contributed by atoms with E-state index in [1.54, 1.807) is 0 Å². The fourth-order valence-corrected chi connectivity index (χ4v) is 0.377. The number of primary amides is 1. The lowest BCUT2D eigenvalue weighted by molar-refractivity contribution is -0.118. The molecule has 0 aliphatic carbocycles. The van der Waals surface area contributed by atoms with E-state index in [4.69, 9.17) is 11.5 Å². The fourth-order valence-electron chi connectivity index (χ4n) is 0.377. The average Bonchev–Trinajstić information content (AvgIpc) is 1.83. The summed E-state index contributed by atoms with van der Waals surface area (Å²) in [5.41, 5.74) is 9.93. The van der Waals surface area contributed by atoms with Crippen LogP contribution in [0.5, 0.6) is 0 Å². The second-order valence-corrected chi connectivity index (χ2v) is 1.80. The summed E-state index contributed by atoms with van der Waals surface area (Å²) in [7, 11) is 0. The van der Waals surface area contributed by atoms with E-state index >= 15 is 0 Å². The Hall–Kier alpha value is -0.900. The molecule has 4 N–H and O–H groups in total. The molecule has 0 rings (SSSR count). The van der Waals surface area contributed by atoms with Crippen molar-refractivity contribution in [1.29, 1.82) is 0 Å². The van der Waals surface area contributed by atoms with Gasteiger partial charge in [-0.25, -0.2) is 0 Å². The molecule has 0 saturated heterocycles. The zero-order valence-corrected chi connectivity index (χ0v) is 5.04. The molecule has 0 aliphatic heterocycles. The number of hydrogen-bond donors (Lipinski definition) is 2. The number of hydrogen-bond acceptors (Lipinski definition) is 3. The molecule has 0 radical (unpaired) electrons. The second-order valence-electron chi connectivity index (χ2n) is 1.80. The van der Waals surface area contributed by atoms with Crippen LogP contribution >= 0.6 is 0 Å². The third-order valence-electron chi connectivity index (χ3n) is 0.899. The molecule has 9 heavy (non-hydrogen) atoms. The van der Waals surface area contributed by atoms with Crippen LogP contribution in [0.3, 0.4) is 0 Å². The highest BCUT2D eigenvalue weighted by Gasteiger charge is 2.00. The smallest absolute Gasteiger partial charge is 0.217 e. The van der Waals surface area contributed by atoms with Crippen molar-refractivity contribution in [3.05, 3.63) is 0 Å². The van der Waals surface area contributed by atoms with Crippen molar-refractivity contribution in [3.8, 4) is 0 Å². The van der Waals surface area contributed by atoms with Gasteiger partial charge in [0.1, 0.15) is 6.29 Å². The molecule has 0 bridgehead atoms. The van der Waals surface area contributed by atoms with E-state index in [0.29, 0.717) is 12.7 Å². The molecule has 0 spiro atoms. The first kappa shape index (κ1) is 8.10. The van der Waals surface area contributed by atoms with E-state index in [-0.39, 0.29) is 6.42 Å². The van der Waals surface area contributed by atoms with Gasteiger partial charge in [-0.1, -0.05) is 0 Å². The largest absolute Gasteiger partial charge is 0.370 e. The molecular weight excluding hydrogens is 120 g/mol. The Morgan fingerprint density at radius 2 is 2.22 bits per heavy atom. The average molecular weight is 130 g/mol. The Morgan fingerprint density at radius 1 is 1.67 bits per heavy atom. The molecule has 0 saturated carbocycles. The van der Waals surface area contributed by atoms with Gasteiger partial charge in [0.2, 0.25) is 5.91 Å². The van der Waals surface area contributed by atoms with E-state index in [2.05, 4.69) is 0 Å². The second kappa shape index (κ2) is 4.03. The summed E-state index contributed by atoms with van der Waals surface area (Å²) in [4.78, 5) is 19.9. The highest BCUT2D eigenvalue weighted by molar-refractivity contribution is 5.74. The van der Waals surface area contributed by atoms with Gasteiger partial charge in [-0.05, 0) is 6.42 Å². The number of carbonyl (C=O) groups is 2. The minimum Gasteiger partial charge on any atom is -0.370 e. The highest BCUT2D eigenvalue weighted by Crippen LogP contribution is 1.88. The number of amides is 1. The van der Waals surface area contributed by atoms with Gasteiger partial charge < -0.3 is 16.3 Å². The Kier molecular flexibility index (Phi) is 3.62. The lowest BCUT2D eigenvalue weighted by Crippen LogP contribution is -2.24. The minimum absolute atomic E-state index is 0.180. The van der Waals surface area contributed by atoms with Crippen molar-refractivity contribution < 1.29 is 9.59 Å². The van der Waals surface area contributed by atoms with Crippen LogP contribution in [0.25, 0.3) is 0 Å². The summed E-state index contributed by atoms with van der Waals surface area (Å²) in [5, 5.41) is 0. The molecule has 0 fully saturated rings. The van der Waals surface area contributed by atoms with Crippen LogP contribution in [0.2, 0.25) is 0 Å². The minimum atomic E-state index is -0.544. The van der Waals surface area contributed by atoms with E-state index < -0.39 is 11.9 Å². The molecule has 0 aromatic rings. The lowest BCUT2D eigenvalue weighted by atomic mass is 10.2. The molecular formula is C5H10N2O2. The Balaban J connectivity index is 3.26. The van der Waals surface area contributed by atoms with Crippen molar-refractivity contribution in [3.63, 3.8) is 0 Å². The standard InChI is InChI=1S/C5H10N2O2/c6-4(3-8)1-2-5(7)9/h3-4H,1-2,6H2,(H2,7,9)/t4-/m0/s1. The van der Waals surface area contributed by atoms with Crippen LogP contribution in [0.1, 0.15) is 12.8 Å². The van der Waals surface area contributed by atoms with E-state index in [1.165, 1.54) is 0 Å². The van der Waals surface area contributed by atoms with Gasteiger partial charge in [0, 0.05) is 6.42 Å². The van der Waals surface area contributed by atoms with Gasteiger partial charge >= 0.3 is 0 Å². The van der Waals surface area contributed by atoms with Gasteiger partial charge in [0.05, 0.1) is 6.04 Å². The maximum Gasteiger partial charge on any atom is 0.217 e. The monoisotopic (exact) mass is 130 g/mol. The predicted molar refractivity (Wildman–Crippen MR) is 32.5 cm³/mol. The summed E-state index contributed by atoms with van der Waals surface area (Å²) in [5.74, 6) is -0.424. The van der Waals surface area contributed by atoms with Gasteiger partial charge in [0.15, 0.2) is 0 Å². The number of nitrogens with two attached hydrogens (primary N) is 2. The number of rotatable bonds is 4. The Morgan fingerprint density at radius 3 is 2.56 bits per heavy atom. The molecule has 0 aromatic heterocycles. The highest BCUT2D eigenvalue weighted by atomic mass is 16.1. The van der Waals surface area contributed by atoms with Crippen LogP contribution < -0.4 is 11.5 Å². The first-order valence-corrected chi connectivity index (χ1v) is 2.66. The van der Waals surface area contributed by atoms with E-state index in [9.17, 15) is 9.59 Å². The molecule has 1 atom stereocenters. The van der Waals surface area contributed by atoms with Gasteiger partial charge in [-0.3, -0.25) is 4.79 Å². The maximum atomic E-state index is 10.1. The molecule has 1 amide bonds. The fraction of sp³-hybridized carbons (Fsp3) is 0.600. The maximum absolute atomic E-state index is 10.1. The van der Waals surface area contributed by atoms with Crippen molar-refractivity contribution in [2.75, 3.05) is 0 Å². The van der Waals surface area contributed by atoms with Crippen molar-refractivity contribution >= 4 is 12.2 Å². The third kappa shape index (κ3) is 4.96. The summed E-state index contributed by atoms with van der Waals surface area (Å²) < 4.78 is 0. The number of aldehydes is 1. The van der Waals surface area contributed by atoms with Crippen molar-refractivity contribution in [2.24, 2.45) is 11.5 Å². The van der Waals surface area contributed by atoms with Gasteiger partial charge in [-0.2, -0.15) is 0 Å². The van der Waals surface area contributed by atoms with E-state index in [1.807, 2.05) is 0 Å². The molecule has 52 valence electrons. The molecule has 4 nitrogen and oxygen atoms in total. The Bertz CT molecular complexity index is 114. The summed E-state index contributed by atoms with van der Waals surface area (Å²) in [6, 6.07) is -0.544. The van der Waals surface area contributed by atoms with Crippen LogP contribution in [-0.2, 0) is 9.59 Å². The van der Waals surface area contributed by atoms with Gasteiger partial charge in [-0.15, -0.1) is 0 Å².